The Kier molecular flexibility index (Phi) is 7.42. The molecule has 1 fully saturated rings. The summed E-state index contributed by atoms with van der Waals surface area (Å²) in [7, 11) is 1.62. The summed E-state index contributed by atoms with van der Waals surface area (Å²) in [6.45, 7) is 0.308. The summed E-state index contributed by atoms with van der Waals surface area (Å²) in [6.07, 6.45) is -2.58. The molecular formula is C25H22F3N3O6S. The van der Waals surface area contributed by atoms with Crippen molar-refractivity contribution in [3.8, 4) is 5.75 Å². The highest BCUT2D eigenvalue weighted by Gasteiger charge is 2.50. The third-order valence-electron chi connectivity index (χ3n) is 6.08. The Morgan fingerprint density at radius 3 is 2.32 bits per heavy atom. The monoisotopic (exact) mass is 549 g/mol. The number of carbonyl (C=O) groups excluding carboxylic acids is 3. The summed E-state index contributed by atoms with van der Waals surface area (Å²) < 4.78 is 52.2. The van der Waals surface area contributed by atoms with Gasteiger partial charge in [0.15, 0.2) is 10.9 Å². The molecule has 2 aliphatic heterocycles. The highest BCUT2D eigenvalue weighted by atomic mass is 32.1. The first kappa shape index (κ1) is 27.1. The van der Waals surface area contributed by atoms with Gasteiger partial charge >= 0.3 is 24.2 Å². The highest BCUT2D eigenvalue weighted by molar-refractivity contribution is 7.80. The lowest BCUT2D eigenvalue weighted by Crippen LogP contribution is -2.57. The number of anilines is 2. The van der Waals surface area contributed by atoms with Gasteiger partial charge in [0, 0.05) is 41.6 Å². The molecule has 200 valence electrons. The molecule has 4 rings (SSSR count). The third-order valence-corrected chi connectivity index (χ3v) is 6.27. The van der Waals surface area contributed by atoms with Gasteiger partial charge < -0.3 is 19.9 Å². The van der Waals surface area contributed by atoms with Crippen LogP contribution in [0.3, 0.4) is 0 Å². The number of esters is 2. The van der Waals surface area contributed by atoms with Crippen LogP contribution in [0.5, 0.6) is 5.75 Å². The molecule has 0 bridgehead atoms. The summed E-state index contributed by atoms with van der Waals surface area (Å²) in [4.78, 5) is 40.6. The minimum atomic E-state index is -4.84. The van der Waals surface area contributed by atoms with Crippen LogP contribution < -0.4 is 15.4 Å². The number of alkyl halides is 3. The number of ether oxygens (including phenoxy) is 3. The van der Waals surface area contributed by atoms with Crippen LogP contribution in [0, 0.1) is 5.92 Å². The van der Waals surface area contributed by atoms with Gasteiger partial charge in [0.05, 0.1) is 6.42 Å². The first-order valence-electron chi connectivity index (χ1n) is 11.3. The quantitative estimate of drug-likeness (QED) is 0.336. The van der Waals surface area contributed by atoms with Crippen LogP contribution in [0.2, 0.25) is 0 Å². The summed E-state index contributed by atoms with van der Waals surface area (Å²) >= 11 is 5.16. The number of piperidine rings is 1. The van der Waals surface area contributed by atoms with E-state index >= 15 is 0 Å². The second-order valence-corrected chi connectivity index (χ2v) is 9.05. The lowest BCUT2D eigenvalue weighted by atomic mass is 9.86. The molecule has 9 nitrogen and oxygen atoms in total. The molecule has 13 heteroatoms. The number of nitrogens with zero attached hydrogens (tertiary/aromatic N) is 2. The minimum absolute atomic E-state index is 0.0780. The lowest BCUT2D eigenvalue weighted by Gasteiger charge is -2.43. The molecule has 1 saturated heterocycles. The van der Waals surface area contributed by atoms with E-state index in [0.29, 0.717) is 24.3 Å². The van der Waals surface area contributed by atoms with E-state index in [-0.39, 0.29) is 22.9 Å². The molecule has 1 atom stereocenters. The first-order valence-corrected chi connectivity index (χ1v) is 11.7. The zero-order valence-corrected chi connectivity index (χ0v) is 20.8. The van der Waals surface area contributed by atoms with E-state index < -0.39 is 35.9 Å². The number of hydrogen-bond acceptors (Lipinski definition) is 8. The van der Waals surface area contributed by atoms with Crippen LogP contribution in [-0.4, -0.2) is 53.6 Å². The predicted molar refractivity (Wildman–Crippen MR) is 132 cm³/mol. The van der Waals surface area contributed by atoms with Crippen molar-refractivity contribution in [3.63, 3.8) is 0 Å². The summed E-state index contributed by atoms with van der Waals surface area (Å²) in [6, 6.07) is 11.3. The Morgan fingerprint density at radius 2 is 1.74 bits per heavy atom. The second-order valence-electron chi connectivity index (χ2n) is 8.63. The Hall–Kier alpha value is -3.97. The number of benzene rings is 2. The molecule has 1 spiro atoms. The van der Waals surface area contributed by atoms with Gasteiger partial charge in [-0.25, -0.2) is 14.5 Å². The molecule has 2 aliphatic rings. The number of Topliss-reactive ketones (excluding diaryl/α,β-unsaturated/α-hetero) is 1. The lowest BCUT2D eigenvalue weighted by molar-refractivity contribution is -0.291. The van der Waals surface area contributed by atoms with Crippen molar-refractivity contribution in [2.24, 2.45) is 11.7 Å². The maximum absolute atomic E-state index is 13.5. The van der Waals surface area contributed by atoms with Crippen molar-refractivity contribution < 1.29 is 41.8 Å². The molecule has 38 heavy (non-hydrogen) atoms. The number of ketones is 1. The predicted octanol–water partition coefficient (Wildman–Crippen LogP) is 3.80. The van der Waals surface area contributed by atoms with Crippen LogP contribution in [0.25, 0.3) is 0 Å². The smallest absolute Gasteiger partial charge is 0.406 e. The van der Waals surface area contributed by atoms with Crippen molar-refractivity contribution in [3.05, 3.63) is 66.2 Å². The van der Waals surface area contributed by atoms with Crippen LogP contribution in [0.4, 0.5) is 24.5 Å². The van der Waals surface area contributed by atoms with Crippen molar-refractivity contribution in [2.45, 2.75) is 25.1 Å². The van der Waals surface area contributed by atoms with E-state index in [4.69, 9.17) is 27.4 Å². The van der Waals surface area contributed by atoms with Crippen molar-refractivity contribution in [1.29, 1.82) is 0 Å². The molecule has 2 aromatic rings. The fourth-order valence-corrected chi connectivity index (χ4v) is 4.54. The number of thiocarbonyl (C=S) groups is 1. The van der Waals surface area contributed by atoms with Gasteiger partial charge in [-0.2, -0.15) is 0 Å². The molecular weight excluding hydrogens is 527 g/mol. The maximum Gasteiger partial charge on any atom is 0.573 e. The van der Waals surface area contributed by atoms with Gasteiger partial charge in [-0.1, -0.05) is 12.1 Å². The molecule has 0 radical (unpaired) electrons. The van der Waals surface area contributed by atoms with Crippen molar-refractivity contribution in [1.82, 2.24) is 4.90 Å². The average molecular weight is 550 g/mol. The minimum Gasteiger partial charge on any atom is -0.406 e. The number of halogens is 3. The first-order chi connectivity index (χ1) is 17.9. The number of rotatable bonds is 5. The topological polar surface area (TPSA) is 111 Å². The van der Waals surface area contributed by atoms with Crippen molar-refractivity contribution >= 4 is 46.4 Å². The van der Waals surface area contributed by atoms with E-state index in [1.165, 1.54) is 17.0 Å². The maximum atomic E-state index is 13.5. The summed E-state index contributed by atoms with van der Waals surface area (Å²) in [5.41, 5.74) is 6.94. The molecule has 0 aliphatic carbocycles. The van der Waals surface area contributed by atoms with Gasteiger partial charge in [0.1, 0.15) is 5.75 Å². The summed E-state index contributed by atoms with van der Waals surface area (Å²) in [5, 5.41) is -0.109. The molecule has 0 aromatic heterocycles. The zero-order valence-electron chi connectivity index (χ0n) is 19.9. The number of nitrogens with two attached hydrogens (primary N) is 1. The van der Waals surface area contributed by atoms with E-state index in [9.17, 15) is 27.6 Å². The fraction of sp³-hybridized carbons (Fsp3) is 0.280. The van der Waals surface area contributed by atoms with Gasteiger partial charge in [-0.3, -0.25) is 9.69 Å². The Morgan fingerprint density at radius 1 is 1.11 bits per heavy atom. The standard InChI is InChI=1S/C25H22F3N3O6S/c1-30-12-11-16(14-24(30)36-20(32)9-10-21(33)37-24)22(34)15-3-2-4-18(13-15)31(23(29)38)17-5-7-19(8-6-17)35-25(26,27)28/h2-10,13,16H,11-12,14H2,1H3,(H2,29,38). The molecule has 2 N–H and O–H groups in total. The van der Waals surface area contributed by atoms with E-state index in [2.05, 4.69) is 4.74 Å². The number of likely N-dealkylation sites (tertiary alicyclic amines) is 1. The number of hydrogen-bond donors (Lipinski definition) is 1. The van der Waals surface area contributed by atoms with Gasteiger partial charge in [0.25, 0.3) is 0 Å². The molecule has 2 heterocycles. The van der Waals surface area contributed by atoms with Crippen LogP contribution in [-0.2, 0) is 19.1 Å². The van der Waals surface area contributed by atoms with E-state index in [0.717, 1.165) is 24.3 Å². The Balaban J connectivity index is 1.58. The van der Waals surface area contributed by atoms with Gasteiger partial charge in [0.2, 0.25) is 0 Å². The van der Waals surface area contributed by atoms with Gasteiger partial charge in [-0.05, 0) is 62.1 Å². The SMILES string of the molecule is CN1CCC(C(=O)c2cccc(N(C(N)=S)c3ccc(OC(F)(F)F)cc3)c2)CC12OC(=O)C=CC(=O)O2. The Labute approximate surface area is 220 Å². The van der Waals surface area contributed by atoms with Crippen LogP contribution >= 0.6 is 12.2 Å². The van der Waals surface area contributed by atoms with Crippen molar-refractivity contribution in [2.75, 3.05) is 18.5 Å². The van der Waals surface area contributed by atoms with Crippen LogP contribution in [0.1, 0.15) is 23.2 Å². The third kappa shape index (κ3) is 5.94. The number of carbonyl (C=O) groups is 3. The zero-order chi connectivity index (χ0) is 27.7. The fourth-order valence-electron chi connectivity index (χ4n) is 4.33. The van der Waals surface area contributed by atoms with Crippen LogP contribution in [0.15, 0.2) is 60.7 Å². The highest BCUT2D eigenvalue weighted by Crippen LogP contribution is 2.37. The van der Waals surface area contributed by atoms with E-state index in [1.54, 1.807) is 36.2 Å². The van der Waals surface area contributed by atoms with Gasteiger partial charge in [-0.15, -0.1) is 13.2 Å². The molecule has 2 aromatic carbocycles. The molecule has 1 unspecified atom stereocenters. The Bertz CT molecular complexity index is 1280. The largest absolute Gasteiger partial charge is 0.573 e. The van der Waals surface area contributed by atoms with E-state index in [1.807, 2.05) is 0 Å². The average Bonchev–Trinajstić information content (AvgIpc) is 2.98. The summed E-state index contributed by atoms with van der Waals surface area (Å²) in [5.74, 6) is -4.62. The normalized spacial score (nSPS) is 19.3. The second kappa shape index (κ2) is 10.4. The molecule has 0 saturated carbocycles. The molecule has 0 amide bonds.